The predicted molar refractivity (Wildman–Crippen MR) is 66.3 cm³/mol. The first-order valence-electron chi connectivity index (χ1n) is 5.78. The van der Waals surface area contributed by atoms with Crippen LogP contribution < -0.4 is 5.32 Å². The minimum Gasteiger partial charge on any atom is -0.480 e. The van der Waals surface area contributed by atoms with Crippen molar-refractivity contribution in [3.63, 3.8) is 0 Å². The highest BCUT2D eigenvalue weighted by Crippen LogP contribution is 2.07. The van der Waals surface area contributed by atoms with Gasteiger partial charge in [-0.3, -0.25) is 9.59 Å². The molecule has 0 saturated heterocycles. The van der Waals surface area contributed by atoms with Crippen molar-refractivity contribution in [1.82, 2.24) is 5.32 Å². The number of carboxylic acids is 1. The molecule has 7 heteroatoms. The summed E-state index contributed by atoms with van der Waals surface area (Å²) >= 11 is 0. The van der Waals surface area contributed by atoms with Crippen molar-refractivity contribution in [1.29, 1.82) is 0 Å². The fraction of sp³-hybridized carbons (Fsp3) is 0.308. The molecule has 0 spiro atoms. The third-order valence-electron chi connectivity index (χ3n) is 2.37. The summed E-state index contributed by atoms with van der Waals surface area (Å²) in [5, 5.41) is 11.2. The van der Waals surface area contributed by atoms with Gasteiger partial charge in [-0.2, -0.15) is 0 Å². The lowest BCUT2D eigenvalue weighted by Gasteiger charge is -2.14. The first-order valence-corrected chi connectivity index (χ1v) is 5.78. The van der Waals surface area contributed by atoms with Crippen molar-refractivity contribution in [3.8, 4) is 0 Å². The number of amides is 1. The Bertz CT molecular complexity index is 517. The standard InChI is InChI=1S/C13H14FNO5/c1-8(16)20-7-12(17)15-11(13(18)19)6-9-3-2-4-10(14)5-9/h2-5,11H,6-7H2,1H3,(H,15,17)(H,18,19)/t11-/m1/s1. The number of nitrogens with one attached hydrogen (secondary N) is 1. The lowest BCUT2D eigenvalue weighted by molar-refractivity contribution is -0.148. The zero-order valence-electron chi connectivity index (χ0n) is 10.8. The van der Waals surface area contributed by atoms with Crippen LogP contribution in [-0.2, 0) is 25.5 Å². The van der Waals surface area contributed by atoms with Crippen LogP contribution in [0.1, 0.15) is 12.5 Å². The van der Waals surface area contributed by atoms with E-state index >= 15 is 0 Å². The van der Waals surface area contributed by atoms with Crippen LogP contribution in [0.25, 0.3) is 0 Å². The number of benzene rings is 1. The van der Waals surface area contributed by atoms with Crippen LogP contribution in [0.3, 0.4) is 0 Å². The van der Waals surface area contributed by atoms with Crippen molar-refractivity contribution in [2.24, 2.45) is 0 Å². The maximum absolute atomic E-state index is 13.0. The Morgan fingerprint density at radius 2 is 2.10 bits per heavy atom. The molecule has 0 aromatic heterocycles. The van der Waals surface area contributed by atoms with E-state index in [9.17, 15) is 18.8 Å². The van der Waals surface area contributed by atoms with E-state index < -0.39 is 36.3 Å². The van der Waals surface area contributed by atoms with Gasteiger partial charge in [-0.05, 0) is 17.7 Å². The molecule has 1 amide bonds. The molecule has 0 aliphatic carbocycles. The number of aliphatic carboxylic acids is 1. The molecule has 0 radical (unpaired) electrons. The highest BCUT2D eigenvalue weighted by atomic mass is 19.1. The molecule has 0 heterocycles. The average molecular weight is 283 g/mol. The van der Waals surface area contributed by atoms with Crippen LogP contribution in [0.2, 0.25) is 0 Å². The quantitative estimate of drug-likeness (QED) is 0.742. The highest BCUT2D eigenvalue weighted by Gasteiger charge is 2.20. The van der Waals surface area contributed by atoms with Crippen molar-refractivity contribution in [2.75, 3.05) is 6.61 Å². The highest BCUT2D eigenvalue weighted by molar-refractivity contribution is 5.85. The fourth-order valence-corrected chi connectivity index (χ4v) is 1.50. The Kier molecular flexibility index (Phi) is 5.64. The molecular weight excluding hydrogens is 269 g/mol. The summed E-state index contributed by atoms with van der Waals surface area (Å²) in [5.74, 6) is -3.12. The molecule has 1 rings (SSSR count). The van der Waals surface area contributed by atoms with E-state index in [-0.39, 0.29) is 6.42 Å². The van der Waals surface area contributed by atoms with Gasteiger partial charge in [0.25, 0.3) is 5.91 Å². The second-order valence-electron chi connectivity index (χ2n) is 4.07. The largest absolute Gasteiger partial charge is 0.480 e. The van der Waals surface area contributed by atoms with Crippen LogP contribution in [0.4, 0.5) is 4.39 Å². The Hall–Kier alpha value is -2.44. The topological polar surface area (TPSA) is 92.7 Å². The monoisotopic (exact) mass is 283 g/mol. The first kappa shape index (κ1) is 15.6. The second kappa shape index (κ2) is 7.22. The molecule has 0 aliphatic rings. The number of carbonyl (C=O) groups excluding carboxylic acids is 2. The molecule has 0 bridgehead atoms. The third kappa shape index (κ3) is 5.47. The van der Waals surface area contributed by atoms with Crippen molar-refractivity contribution >= 4 is 17.8 Å². The van der Waals surface area contributed by atoms with Crippen LogP contribution in [0, 0.1) is 5.82 Å². The van der Waals surface area contributed by atoms with Crippen LogP contribution in [-0.4, -0.2) is 35.6 Å². The number of hydrogen-bond acceptors (Lipinski definition) is 4. The summed E-state index contributed by atoms with van der Waals surface area (Å²) in [4.78, 5) is 33.0. The minimum absolute atomic E-state index is 0.0705. The minimum atomic E-state index is -1.26. The van der Waals surface area contributed by atoms with E-state index in [1.54, 1.807) is 6.07 Å². The first-order chi connectivity index (χ1) is 9.38. The molecule has 6 nitrogen and oxygen atoms in total. The number of hydrogen-bond donors (Lipinski definition) is 2. The molecule has 0 aliphatic heterocycles. The van der Waals surface area contributed by atoms with E-state index in [4.69, 9.17) is 5.11 Å². The molecule has 2 N–H and O–H groups in total. The number of carboxylic acid groups (broad SMARTS) is 1. The average Bonchev–Trinajstić information content (AvgIpc) is 2.35. The van der Waals surface area contributed by atoms with Crippen LogP contribution in [0.15, 0.2) is 24.3 Å². The van der Waals surface area contributed by atoms with Gasteiger partial charge in [0.1, 0.15) is 11.9 Å². The van der Waals surface area contributed by atoms with Crippen LogP contribution in [0.5, 0.6) is 0 Å². The fourth-order valence-electron chi connectivity index (χ4n) is 1.50. The number of carbonyl (C=O) groups is 3. The number of esters is 1. The Morgan fingerprint density at radius 1 is 1.40 bits per heavy atom. The molecule has 0 fully saturated rings. The van der Waals surface area contributed by atoms with Gasteiger partial charge in [-0.1, -0.05) is 12.1 Å². The van der Waals surface area contributed by atoms with Gasteiger partial charge >= 0.3 is 11.9 Å². The van der Waals surface area contributed by atoms with Gasteiger partial charge in [0.05, 0.1) is 0 Å². The summed E-state index contributed by atoms with van der Waals surface area (Å²) in [6.45, 7) is 0.580. The molecule has 0 saturated carbocycles. The zero-order valence-corrected chi connectivity index (χ0v) is 10.8. The molecular formula is C13H14FNO5. The SMILES string of the molecule is CC(=O)OCC(=O)N[C@H](Cc1cccc(F)c1)C(=O)O. The Morgan fingerprint density at radius 3 is 2.65 bits per heavy atom. The summed E-state index contributed by atoms with van der Waals surface area (Å²) in [6.07, 6.45) is -0.0705. The van der Waals surface area contributed by atoms with Crippen molar-refractivity contribution in [2.45, 2.75) is 19.4 Å². The number of halogens is 1. The zero-order chi connectivity index (χ0) is 15.1. The van der Waals surface area contributed by atoms with Gasteiger partial charge in [-0.25, -0.2) is 9.18 Å². The predicted octanol–water partition coefficient (Wildman–Crippen LogP) is 0.501. The van der Waals surface area contributed by atoms with E-state index in [1.165, 1.54) is 18.2 Å². The molecule has 108 valence electrons. The van der Waals surface area contributed by atoms with Crippen molar-refractivity contribution in [3.05, 3.63) is 35.6 Å². The maximum Gasteiger partial charge on any atom is 0.326 e. The maximum atomic E-state index is 13.0. The van der Waals surface area contributed by atoms with E-state index in [2.05, 4.69) is 10.1 Å². The van der Waals surface area contributed by atoms with Gasteiger partial charge in [0.2, 0.25) is 0 Å². The molecule has 1 atom stereocenters. The van der Waals surface area contributed by atoms with Gasteiger partial charge in [0, 0.05) is 13.3 Å². The summed E-state index contributed by atoms with van der Waals surface area (Å²) in [7, 11) is 0. The van der Waals surface area contributed by atoms with Gasteiger partial charge in [-0.15, -0.1) is 0 Å². The normalized spacial score (nSPS) is 11.5. The number of rotatable bonds is 6. The summed E-state index contributed by atoms with van der Waals surface area (Å²) < 4.78 is 17.4. The van der Waals surface area contributed by atoms with E-state index in [1.807, 2.05) is 0 Å². The second-order valence-corrected chi connectivity index (χ2v) is 4.07. The van der Waals surface area contributed by atoms with Crippen LogP contribution >= 0.6 is 0 Å². The summed E-state index contributed by atoms with van der Waals surface area (Å²) in [5.41, 5.74) is 0.435. The summed E-state index contributed by atoms with van der Waals surface area (Å²) in [6, 6.07) is 4.20. The Balaban J connectivity index is 2.63. The smallest absolute Gasteiger partial charge is 0.326 e. The molecule has 20 heavy (non-hydrogen) atoms. The molecule has 0 unspecified atom stereocenters. The van der Waals surface area contributed by atoms with Gasteiger partial charge < -0.3 is 15.2 Å². The molecule has 1 aromatic rings. The lowest BCUT2D eigenvalue weighted by Crippen LogP contribution is -2.44. The van der Waals surface area contributed by atoms with Gasteiger partial charge in [0.15, 0.2) is 6.61 Å². The molecule has 1 aromatic carbocycles. The van der Waals surface area contributed by atoms with E-state index in [0.29, 0.717) is 5.56 Å². The Labute approximate surface area is 114 Å². The van der Waals surface area contributed by atoms with E-state index in [0.717, 1.165) is 6.92 Å². The number of ether oxygens (including phenoxy) is 1. The third-order valence-corrected chi connectivity index (χ3v) is 2.37. The van der Waals surface area contributed by atoms with Crippen molar-refractivity contribution < 1.29 is 28.6 Å². The lowest BCUT2D eigenvalue weighted by atomic mass is 10.1.